The van der Waals surface area contributed by atoms with E-state index in [1.165, 1.54) is 5.56 Å². The van der Waals surface area contributed by atoms with E-state index in [1.807, 2.05) is 26.0 Å². The Balaban J connectivity index is 2.95. The molecule has 0 atom stereocenters. The summed E-state index contributed by atoms with van der Waals surface area (Å²) in [6.45, 7) is 4.01. The lowest BCUT2D eigenvalue weighted by Crippen LogP contribution is -1.98. The SMILES string of the molecule is Cc1ccc2c(=O)cc(C)sc2c1. The molecule has 1 aromatic heterocycles. The first kappa shape index (κ1) is 8.45. The summed E-state index contributed by atoms with van der Waals surface area (Å²) in [7, 11) is 0. The van der Waals surface area contributed by atoms with Crippen LogP contribution < -0.4 is 5.43 Å². The van der Waals surface area contributed by atoms with Crippen LogP contribution in [-0.2, 0) is 0 Å². The number of fused-ring (bicyclic) bond motifs is 1. The van der Waals surface area contributed by atoms with Crippen LogP contribution in [0.1, 0.15) is 10.4 Å². The van der Waals surface area contributed by atoms with Crippen molar-refractivity contribution in [1.82, 2.24) is 0 Å². The third-order valence-electron chi connectivity index (χ3n) is 2.01. The average molecular weight is 190 g/mol. The van der Waals surface area contributed by atoms with Crippen molar-refractivity contribution in [3.05, 3.63) is 44.9 Å². The average Bonchev–Trinajstić information content (AvgIpc) is 2.02. The van der Waals surface area contributed by atoms with Gasteiger partial charge in [0.05, 0.1) is 0 Å². The largest absolute Gasteiger partial charge is 0.289 e. The second-order valence-corrected chi connectivity index (χ2v) is 4.51. The first-order chi connectivity index (χ1) is 6.16. The topological polar surface area (TPSA) is 17.1 Å². The van der Waals surface area contributed by atoms with Crippen molar-refractivity contribution < 1.29 is 0 Å². The summed E-state index contributed by atoms with van der Waals surface area (Å²) in [6, 6.07) is 7.64. The Hall–Kier alpha value is -1.15. The fourth-order valence-corrected chi connectivity index (χ4v) is 2.42. The van der Waals surface area contributed by atoms with Gasteiger partial charge in [-0.2, -0.15) is 0 Å². The summed E-state index contributed by atoms with van der Waals surface area (Å²) in [5.74, 6) is 0. The Kier molecular flexibility index (Phi) is 1.93. The van der Waals surface area contributed by atoms with Crippen LogP contribution in [0.15, 0.2) is 29.1 Å². The molecule has 0 aliphatic rings. The predicted octanol–water partition coefficient (Wildman–Crippen LogP) is 2.88. The smallest absolute Gasteiger partial charge is 0.188 e. The molecule has 2 heteroatoms. The Labute approximate surface area is 80.7 Å². The van der Waals surface area contributed by atoms with Gasteiger partial charge >= 0.3 is 0 Å². The van der Waals surface area contributed by atoms with Gasteiger partial charge < -0.3 is 0 Å². The van der Waals surface area contributed by atoms with Gasteiger partial charge in [-0.1, -0.05) is 6.07 Å². The molecule has 13 heavy (non-hydrogen) atoms. The molecule has 0 saturated heterocycles. The lowest BCUT2D eigenvalue weighted by molar-refractivity contribution is 1.50. The molecule has 0 bridgehead atoms. The molecule has 2 rings (SSSR count). The molecule has 2 aromatic rings. The zero-order valence-electron chi connectivity index (χ0n) is 7.63. The zero-order valence-corrected chi connectivity index (χ0v) is 8.44. The van der Waals surface area contributed by atoms with Gasteiger partial charge in [0.2, 0.25) is 0 Å². The van der Waals surface area contributed by atoms with Crippen LogP contribution in [0.4, 0.5) is 0 Å². The van der Waals surface area contributed by atoms with E-state index in [9.17, 15) is 4.79 Å². The highest BCUT2D eigenvalue weighted by Crippen LogP contribution is 2.19. The summed E-state index contributed by atoms with van der Waals surface area (Å²) < 4.78 is 1.09. The van der Waals surface area contributed by atoms with Gasteiger partial charge in [0, 0.05) is 15.0 Å². The van der Waals surface area contributed by atoms with Gasteiger partial charge in [-0.15, -0.1) is 11.3 Å². The van der Waals surface area contributed by atoms with E-state index in [2.05, 4.69) is 6.07 Å². The van der Waals surface area contributed by atoms with Gasteiger partial charge in [0.25, 0.3) is 0 Å². The number of benzene rings is 1. The highest BCUT2D eigenvalue weighted by molar-refractivity contribution is 7.18. The molecule has 0 unspecified atom stereocenters. The highest BCUT2D eigenvalue weighted by atomic mass is 32.1. The first-order valence-corrected chi connectivity index (χ1v) is 4.99. The van der Waals surface area contributed by atoms with Crippen molar-refractivity contribution in [2.24, 2.45) is 0 Å². The molecule has 0 saturated carbocycles. The number of hydrogen-bond donors (Lipinski definition) is 0. The van der Waals surface area contributed by atoms with Gasteiger partial charge in [-0.05, 0) is 37.6 Å². The molecule has 1 heterocycles. The lowest BCUT2D eigenvalue weighted by Gasteiger charge is -1.98. The van der Waals surface area contributed by atoms with E-state index in [-0.39, 0.29) is 5.43 Å². The summed E-state index contributed by atoms with van der Waals surface area (Å²) in [6.07, 6.45) is 0. The van der Waals surface area contributed by atoms with Crippen molar-refractivity contribution in [1.29, 1.82) is 0 Å². The van der Waals surface area contributed by atoms with Crippen LogP contribution in [0.3, 0.4) is 0 Å². The maximum absolute atomic E-state index is 11.5. The van der Waals surface area contributed by atoms with Crippen LogP contribution in [0.2, 0.25) is 0 Å². The van der Waals surface area contributed by atoms with Crippen LogP contribution in [0.25, 0.3) is 10.1 Å². The Morgan fingerprint density at radius 2 is 1.92 bits per heavy atom. The summed E-state index contributed by atoms with van der Waals surface area (Å²) in [4.78, 5) is 12.6. The van der Waals surface area contributed by atoms with Crippen molar-refractivity contribution in [3.63, 3.8) is 0 Å². The first-order valence-electron chi connectivity index (χ1n) is 4.18. The minimum atomic E-state index is 0.131. The molecule has 0 fully saturated rings. The molecule has 0 aliphatic heterocycles. The van der Waals surface area contributed by atoms with Crippen molar-refractivity contribution in [2.75, 3.05) is 0 Å². The van der Waals surface area contributed by atoms with Gasteiger partial charge in [0.1, 0.15) is 0 Å². The monoisotopic (exact) mass is 190 g/mol. The van der Waals surface area contributed by atoms with Gasteiger partial charge in [-0.25, -0.2) is 0 Å². The normalized spacial score (nSPS) is 10.6. The molecule has 1 nitrogen and oxygen atoms in total. The zero-order chi connectivity index (χ0) is 9.42. The maximum Gasteiger partial charge on any atom is 0.188 e. The van der Waals surface area contributed by atoms with Crippen molar-refractivity contribution >= 4 is 21.4 Å². The molecule has 0 radical (unpaired) electrons. The number of rotatable bonds is 0. The molecular formula is C11H10OS. The van der Waals surface area contributed by atoms with E-state index >= 15 is 0 Å². The molecule has 0 N–H and O–H groups in total. The maximum atomic E-state index is 11.5. The predicted molar refractivity (Wildman–Crippen MR) is 57.6 cm³/mol. The lowest BCUT2D eigenvalue weighted by atomic mass is 10.2. The second kappa shape index (κ2) is 2.96. The molecule has 0 amide bonds. The van der Waals surface area contributed by atoms with E-state index in [0.29, 0.717) is 0 Å². The minimum absolute atomic E-state index is 0.131. The van der Waals surface area contributed by atoms with E-state index in [4.69, 9.17) is 0 Å². The Morgan fingerprint density at radius 1 is 1.15 bits per heavy atom. The van der Waals surface area contributed by atoms with E-state index in [1.54, 1.807) is 17.4 Å². The molecule has 0 aliphatic carbocycles. The fourth-order valence-electron chi connectivity index (χ4n) is 1.38. The van der Waals surface area contributed by atoms with E-state index < -0.39 is 0 Å². The molecule has 66 valence electrons. The quantitative estimate of drug-likeness (QED) is 0.624. The summed E-state index contributed by atoms with van der Waals surface area (Å²) in [5.41, 5.74) is 1.33. The third-order valence-corrected chi connectivity index (χ3v) is 3.01. The summed E-state index contributed by atoms with van der Waals surface area (Å²) >= 11 is 1.67. The number of aryl methyl sites for hydroxylation is 2. The number of hydrogen-bond acceptors (Lipinski definition) is 2. The third kappa shape index (κ3) is 1.49. The minimum Gasteiger partial charge on any atom is -0.289 e. The standard InChI is InChI=1S/C11H10OS/c1-7-3-4-9-10(12)6-8(2)13-11(9)5-7/h3-6H,1-2H3. The summed E-state index contributed by atoms with van der Waals surface area (Å²) in [5, 5.41) is 0.834. The molecule has 0 spiro atoms. The van der Waals surface area contributed by atoms with Crippen LogP contribution in [0, 0.1) is 13.8 Å². The molecule has 1 aromatic carbocycles. The van der Waals surface area contributed by atoms with Crippen LogP contribution >= 0.6 is 11.3 Å². The fraction of sp³-hybridized carbons (Fsp3) is 0.182. The second-order valence-electron chi connectivity index (χ2n) is 3.22. The van der Waals surface area contributed by atoms with Crippen molar-refractivity contribution in [2.45, 2.75) is 13.8 Å². The van der Waals surface area contributed by atoms with Gasteiger partial charge in [-0.3, -0.25) is 4.79 Å². The van der Waals surface area contributed by atoms with Crippen molar-refractivity contribution in [3.8, 4) is 0 Å². The van der Waals surface area contributed by atoms with E-state index in [0.717, 1.165) is 15.0 Å². The molecular weight excluding hydrogens is 180 g/mol. The highest BCUT2D eigenvalue weighted by Gasteiger charge is 1.99. The van der Waals surface area contributed by atoms with Crippen LogP contribution in [0.5, 0.6) is 0 Å². The Morgan fingerprint density at radius 3 is 2.69 bits per heavy atom. The Bertz CT molecular complexity index is 506. The van der Waals surface area contributed by atoms with Gasteiger partial charge in [0.15, 0.2) is 5.43 Å². The van der Waals surface area contributed by atoms with Crippen LogP contribution in [-0.4, -0.2) is 0 Å².